The van der Waals surface area contributed by atoms with Crippen molar-refractivity contribution in [2.24, 2.45) is 5.41 Å². The third-order valence-electron chi connectivity index (χ3n) is 6.77. The highest BCUT2D eigenvalue weighted by Gasteiger charge is 2.40. The van der Waals surface area contributed by atoms with Crippen molar-refractivity contribution in [2.75, 3.05) is 19.8 Å². The molecule has 0 aliphatic carbocycles. The lowest BCUT2D eigenvalue weighted by atomic mass is 9.89. The van der Waals surface area contributed by atoms with E-state index in [0.717, 1.165) is 18.3 Å². The number of amides is 1. The Bertz CT molecular complexity index is 1760. The van der Waals surface area contributed by atoms with E-state index in [0.29, 0.717) is 27.1 Å². The first-order valence-electron chi connectivity index (χ1n) is 13.1. The molecule has 45 heavy (non-hydrogen) atoms. The summed E-state index contributed by atoms with van der Waals surface area (Å²) < 4.78 is 88.2. The van der Waals surface area contributed by atoms with E-state index in [1.54, 1.807) is 0 Å². The number of nitrogens with zero attached hydrogens (tertiary/aromatic N) is 7. The van der Waals surface area contributed by atoms with Gasteiger partial charge >= 0.3 is 18.0 Å². The summed E-state index contributed by atoms with van der Waals surface area (Å²) in [5.74, 6) is -2.95. The number of rotatable bonds is 9. The first-order chi connectivity index (χ1) is 21.1. The van der Waals surface area contributed by atoms with Gasteiger partial charge in [0.25, 0.3) is 5.91 Å². The molecule has 1 aliphatic heterocycles. The van der Waals surface area contributed by atoms with E-state index in [9.17, 15) is 41.0 Å². The summed E-state index contributed by atoms with van der Waals surface area (Å²) in [6.45, 7) is 0.702. The van der Waals surface area contributed by atoms with Crippen LogP contribution < -0.4 is 11.0 Å². The molecule has 1 aliphatic rings. The van der Waals surface area contributed by atoms with Gasteiger partial charge in [-0.15, -0.1) is 10.2 Å². The van der Waals surface area contributed by atoms with Crippen LogP contribution in [0.4, 0.5) is 26.3 Å². The van der Waals surface area contributed by atoms with Crippen molar-refractivity contribution in [3.8, 4) is 17.2 Å². The molecule has 240 valence electrons. The molecule has 3 aromatic heterocycles. The molecular weight excluding hydrogens is 638 g/mol. The van der Waals surface area contributed by atoms with Gasteiger partial charge < -0.3 is 15.2 Å². The number of halogens is 7. The van der Waals surface area contributed by atoms with Crippen LogP contribution in [0.2, 0.25) is 5.02 Å². The Kier molecular flexibility index (Phi) is 8.49. The van der Waals surface area contributed by atoms with Gasteiger partial charge in [0.2, 0.25) is 5.82 Å². The monoisotopic (exact) mass is 660 g/mol. The Morgan fingerprint density at radius 2 is 1.82 bits per heavy atom. The van der Waals surface area contributed by atoms with Crippen LogP contribution in [0.1, 0.15) is 28.9 Å². The highest BCUT2D eigenvalue weighted by molar-refractivity contribution is 6.30. The highest BCUT2D eigenvalue weighted by Crippen LogP contribution is 2.33. The predicted octanol–water partition coefficient (Wildman–Crippen LogP) is 3.10. The van der Waals surface area contributed by atoms with E-state index in [2.05, 4.69) is 25.5 Å². The molecule has 0 saturated carbocycles. The number of pyridine rings is 1. The van der Waals surface area contributed by atoms with Crippen molar-refractivity contribution in [2.45, 2.75) is 38.5 Å². The molecule has 4 heterocycles. The van der Waals surface area contributed by atoms with Gasteiger partial charge in [-0.25, -0.2) is 19.4 Å². The zero-order chi connectivity index (χ0) is 32.7. The lowest BCUT2D eigenvalue weighted by Crippen LogP contribution is -2.48. The smallest absolute Gasteiger partial charge is 0.382 e. The van der Waals surface area contributed by atoms with Crippen LogP contribution in [-0.4, -0.2) is 77.1 Å². The average molecular weight is 661 g/mol. The van der Waals surface area contributed by atoms with Gasteiger partial charge in [0.15, 0.2) is 23.6 Å². The van der Waals surface area contributed by atoms with Crippen LogP contribution in [-0.2, 0) is 24.0 Å². The van der Waals surface area contributed by atoms with E-state index in [4.69, 9.17) is 16.3 Å². The molecule has 1 fully saturated rings. The standard InChI is InChI=1S/C26H23ClF6N8O4/c1-24(12-45-13-24)11-35-22(43)21-36-18(37-41(21)20-16(25(28,29)30)3-2-8-34-20)10-40-23(44)39(9-17(42)26(31,32)33)19(38-40)14-4-6-15(27)7-5-14/h2-8,17,42H,9-13H2,1H3,(H,35,43). The fraction of sp³-hybridized carbons (Fsp3) is 0.385. The first kappa shape index (κ1) is 32.1. The van der Waals surface area contributed by atoms with Crippen LogP contribution >= 0.6 is 11.6 Å². The summed E-state index contributed by atoms with van der Waals surface area (Å²) in [4.78, 5) is 34.3. The summed E-state index contributed by atoms with van der Waals surface area (Å²) >= 11 is 5.90. The minimum atomic E-state index is -5.07. The van der Waals surface area contributed by atoms with Gasteiger partial charge in [0, 0.05) is 28.7 Å². The van der Waals surface area contributed by atoms with Gasteiger partial charge in [0.1, 0.15) is 12.1 Å². The molecule has 12 nitrogen and oxygen atoms in total. The van der Waals surface area contributed by atoms with Gasteiger partial charge in [-0.2, -0.15) is 31.0 Å². The van der Waals surface area contributed by atoms with Crippen LogP contribution in [0.15, 0.2) is 47.4 Å². The zero-order valence-electron chi connectivity index (χ0n) is 23.1. The molecule has 1 unspecified atom stereocenters. The van der Waals surface area contributed by atoms with Gasteiger partial charge in [0.05, 0.1) is 19.8 Å². The van der Waals surface area contributed by atoms with Crippen LogP contribution in [0.25, 0.3) is 17.2 Å². The van der Waals surface area contributed by atoms with Crippen LogP contribution in [0.3, 0.4) is 0 Å². The van der Waals surface area contributed by atoms with E-state index in [1.807, 2.05) is 6.92 Å². The van der Waals surface area contributed by atoms with Crippen molar-refractivity contribution < 1.29 is 41.0 Å². The summed E-state index contributed by atoms with van der Waals surface area (Å²) in [6, 6.07) is 7.35. The fourth-order valence-electron chi connectivity index (χ4n) is 4.36. The topological polar surface area (TPSA) is 142 Å². The molecule has 5 rings (SSSR count). The van der Waals surface area contributed by atoms with Crippen molar-refractivity contribution in [1.29, 1.82) is 0 Å². The summed E-state index contributed by atoms with van der Waals surface area (Å²) in [5.41, 5.74) is -2.61. The molecule has 1 amide bonds. The lowest BCUT2D eigenvalue weighted by Gasteiger charge is -2.37. The Labute approximate surface area is 254 Å². The lowest BCUT2D eigenvalue weighted by molar-refractivity contribution is -0.207. The number of hydrogen-bond donors (Lipinski definition) is 2. The number of carbonyl (C=O) groups is 1. The average Bonchev–Trinajstić information content (AvgIpc) is 3.51. The van der Waals surface area contributed by atoms with E-state index >= 15 is 0 Å². The first-order valence-corrected chi connectivity index (χ1v) is 13.5. The second kappa shape index (κ2) is 11.9. The quantitative estimate of drug-likeness (QED) is 0.261. The number of ether oxygens (including phenoxy) is 1. The Hall–Kier alpha value is -4.29. The largest absolute Gasteiger partial charge is 0.420 e. The second-order valence-corrected chi connectivity index (χ2v) is 11.0. The van der Waals surface area contributed by atoms with Gasteiger partial charge in [-0.3, -0.25) is 9.36 Å². The highest BCUT2D eigenvalue weighted by atomic mass is 35.5. The van der Waals surface area contributed by atoms with Crippen LogP contribution in [0.5, 0.6) is 0 Å². The number of aliphatic hydroxyl groups excluding tert-OH is 1. The Balaban J connectivity index is 1.57. The molecule has 1 atom stereocenters. The SMILES string of the molecule is CC1(CNC(=O)c2nc(Cn3nc(-c4ccc(Cl)cc4)n(CC(O)C(F)(F)F)c3=O)nn2-c2ncccc2C(F)(F)F)COC1. The van der Waals surface area contributed by atoms with E-state index < -0.39 is 65.8 Å². The molecule has 19 heteroatoms. The van der Waals surface area contributed by atoms with E-state index in [-0.39, 0.29) is 28.8 Å². The minimum Gasteiger partial charge on any atom is -0.382 e. The number of aromatic nitrogens is 7. The number of benzene rings is 1. The summed E-state index contributed by atoms with van der Waals surface area (Å²) in [5, 5.41) is 20.7. The maximum Gasteiger partial charge on any atom is 0.420 e. The van der Waals surface area contributed by atoms with E-state index in [1.165, 1.54) is 24.3 Å². The summed E-state index contributed by atoms with van der Waals surface area (Å²) in [7, 11) is 0. The predicted molar refractivity (Wildman–Crippen MR) is 144 cm³/mol. The minimum absolute atomic E-state index is 0.0955. The van der Waals surface area contributed by atoms with Crippen molar-refractivity contribution in [3.05, 3.63) is 75.3 Å². The number of aliphatic hydroxyl groups is 1. The van der Waals surface area contributed by atoms with Gasteiger partial charge in [-0.05, 0) is 36.4 Å². The number of carbonyl (C=O) groups excluding carboxylic acids is 1. The van der Waals surface area contributed by atoms with Crippen molar-refractivity contribution in [3.63, 3.8) is 0 Å². The number of hydrogen-bond acceptors (Lipinski definition) is 8. The molecule has 1 aromatic carbocycles. The van der Waals surface area contributed by atoms with Crippen molar-refractivity contribution in [1.82, 2.24) is 39.4 Å². The van der Waals surface area contributed by atoms with Crippen molar-refractivity contribution >= 4 is 17.5 Å². The normalized spacial score (nSPS) is 15.5. The molecule has 0 radical (unpaired) electrons. The molecule has 2 N–H and O–H groups in total. The second-order valence-electron chi connectivity index (χ2n) is 10.6. The molecular formula is C26H23ClF6N8O4. The molecule has 0 spiro atoms. The fourth-order valence-corrected chi connectivity index (χ4v) is 4.49. The third kappa shape index (κ3) is 6.86. The van der Waals surface area contributed by atoms with Gasteiger partial charge in [-0.1, -0.05) is 18.5 Å². The number of nitrogens with one attached hydrogen (secondary N) is 1. The Morgan fingerprint density at radius 3 is 2.42 bits per heavy atom. The maximum absolute atomic E-state index is 13.9. The third-order valence-corrected chi connectivity index (χ3v) is 7.03. The Morgan fingerprint density at radius 1 is 1.13 bits per heavy atom. The molecule has 0 bridgehead atoms. The zero-order valence-corrected chi connectivity index (χ0v) is 23.9. The molecule has 1 saturated heterocycles. The van der Waals surface area contributed by atoms with Crippen LogP contribution in [0, 0.1) is 5.41 Å². The maximum atomic E-state index is 13.9. The molecule has 4 aromatic rings. The number of alkyl halides is 6. The summed E-state index contributed by atoms with van der Waals surface area (Å²) in [6.07, 6.45) is -11.8.